The number of fused-ring (bicyclic) bond motifs is 1. The molecule has 10 heteroatoms. The summed E-state index contributed by atoms with van der Waals surface area (Å²) in [5, 5.41) is 29.0. The van der Waals surface area contributed by atoms with Crippen LogP contribution in [0.3, 0.4) is 0 Å². The number of nitrogens with two attached hydrogens (primary N) is 1. The Bertz CT molecular complexity index is 740. The summed E-state index contributed by atoms with van der Waals surface area (Å²) in [5.74, 6) is -0.0702. The molecule has 0 spiro atoms. The summed E-state index contributed by atoms with van der Waals surface area (Å²) in [7, 11) is 1.63. The number of aliphatic hydroxyl groups excluding tert-OH is 3. The molecular weight excluding hydrogens is 282 g/mol. The lowest BCUT2D eigenvalue weighted by Gasteiger charge is -2.11. The van der Waals surface area contributed by atoms with E-state index in [-0.39, 0.29) is 17.1 Å². The smallest absolute Gasteiger partial charge is 0.313 e. The number of aryl methyl sites for hydroxylation is 1. The highest BCUT2D eigenvalue weighted by atomic mass is 16.6. The molecule has 1 aliphatic heterocycles. The molecule has 3 rings (SSSR count). The number of H-pyrrole nitrogens is 1. The Morgan fingerprint density at radius 3 is 2.86 bits per heavy atom. The lowest BCUT2D eigenvalue weighted by Crippen LogP contribution is -2.46. The van der Waals surface area contributed by atoms with Crippen molar-refractivity contribution >= 4 is 17.1 Å². The van der Waals surface area contributed by atoms with Crippen LogP contribution in [0, 0.1) is 0 Å². The van der Waals surface area contributed by atoms with Crippen LogP contribution < -0.4 is 15.9 Å². The van der Waals surface area contributed by atoms with Gasteiger partial charge in [-0.15, -0.1) is 0 Å². The highest BCUT2D eigenvalue weighted by Gasteiger charge is 2.46. The van der Waals surface area contributed by atoms with E-state index in [0.717, 1.165) is 0 Å². The molecule has 2 aromatic rings. The van der Waals surface area contributed by atoms with Crippen molar-refractivity contribution in [3.8, 4) is 0 Å². The number of imidazole rings is 1. The third kappa shape index (κ3) is 2.00. The van der Waals surface area contributed by atoms with Crippen LogP contribution in [0.4, 0.5) is 5.95 Å². The fraction of sp³-hybridized carbons (Fsp3) is 0.545. The Kier molecular flexibility index (Phi) is 3.17. The Morgan fingerprint density at radius 1 is 1.52 bits per heavy atom. The molecule has 10 nitrogen and oxygen atoms in total. The van der Waals surface area contributed by atoms with E-state index in [4.69, 9.17) is 15.6 Å². The van der Waals surface area contributed by atoms with Crippen LogP contribution in [0.5, 0.6) is 0 Å². The van der Waals surface area contributed by atoms with Crippen LogP contribution in [-0.2, 0) is 11.8 Å². The number of hydrogen-bond donors (Lipinski definition) is 5. The molecule has 0 aromatic carbocycles. The number of nitrogens with one attached hydrogen (secondary N) is 1. The number of anilines is 1. The first-order valence-corrected chi connectivity index (χ1v) is 6.32. The van der Waals surface area contributed by atoms with Gasteiger partial charge < -0.3 is 25.8 Å². The highest BCUT2D eigenvalue weighted by molar-refractivity contribution is 5.67. The van der Waals surface area contributed by atoms with E-state index < -0.39 is 36.7 Å². The van der Waals surface area contributed by atoms with E-state index >= 15 is 0 Å². The molecule has 2 unspecified atom stereocenters. The lowest BCUT2D eigenvalue weighted by molar-refractivity contribution is -0.745. The van der Waals surface area contributed by atoms with E-state index in [0.29, 0.717) is 0 Å². The number of rotatable bonds is 2. The summed E-state index contributed by atoms with van der Waals surface area (Å²) in [5.41, 5.74) is 5.58. The molecule has 4 atom stereocenters. The highest BCUT2D eigenvalue weighted by Crippen LogP contribution is 2.26. The van der Waals surface area contributed by atoms with Gasteiger partial charge in [0.25, 0.3) is 11.5 Å². The fourth-order valence-electron chi connectivity index (χ4n) is 2.57. The van der Waals surface area contributed by atoms with E-state index in [1.54, 1.807) is 7.05 Å². The molecule has 0 aliphatic carbocycles. The second-order valence-corrected chi connectivity index (χ2v) is 4.99. The minimum absolute atomic E-state index is 0.0702. The number of aliphatic hydroxyl groups is 3. The third-order valence-electron chi connectivity index (χ3n) is 3.58. The zero-order valence-electron chi connectivity index (χ0n) is 11.2. The standard InChI is InChI=1S/C11H15N5O5/c1-15-3-16(8-5(15)9(20)14-11(12)13-8)10-7(19)6(18)4(2-17)21-10/h3-4,6-7,10,17-19H,2H2,1H3,(H2-,12,13,14,20)/p+1/t4-,6?,7?,10-/m1/s1. The Morgan fingerprint density at radius 2 is 2.24 bits per heavy atom. The van der Waals surface area contributed by atoms with Gasteiger partial charge in [-0.2, -0.15) is 0 Å². The summed E-state index contributed by atoms with van der Waals surface area (Å²) in [6, 6.07) is 0. The third-order valence-corrected chi connectivity index (χ3v) is 3.58. The van der Waals surface area contributed by atoms with Crippen molar-refractivity contribution in [3.63, 3.8) is 0 Å². The first-order chi connectivity index (χ1) is 9.93. The average molecular weight is 298 g/mol. The maximum Gasteiger partial charge on any atom is 0.313 e. The second-order valence-electron chi connectivity index (χ2n) is 4.99. The second kappa shape index (κ2) is 4.77. The summed E-state index contributed by atoms with van der Waals surface area (Å²) in [6.07, 6.45) is -2.88. The van der Waals surface area contributed by atoms with Gasteiger partial charge in [0.2, 0.25) is 11.7 Å². The number of hydrogen-bond acceptors (Lipinski definition) is 7. The normalized spacial score (nSPS) is 29.3. The van der Waals surface area contributed by atoms with Crippen LogP contribution in [0.2, 0.25) is 0 Å². The van der Waals surface area contributed by atoms with Crippen LogP contribution >= 0.6 is 0 Å². The van der Waals surface area contributed by atoms with Gasteiger partial charge in [0.15, 0.2) is 6.33 Å². The van der Waals surface area contributed by atoms with Crippen LogP contribution in [0.1, 0.15) is 6.23 Å². The summed E-state index contributed by atoms with van der Waals surface area (Å²) in [4.78, 5) is 18.3. The van der Waals surface area contributed by atoms with E-state index in [9.17, 15) is 15.0 Å². The van der Waals surface area contributed by atoms with Crippen molar-refractivity contribution in [1.29, 1.82) is 0 Å². The molecule has 6 N–H and O–H groups in total. The fourth-order valence-corrected chi connectivity index (χ4v) is 2.57. The van der Waals surface area contributed by atoms with E-state index in [1.165, 1.54) is 15.5 Å². The van der Waals surface area contributed by atoms with Gasteiger partial charge in [0, 0.05) is 0 Å². The maximum atomic E-state index is 11.9. The molecule has 0 amide bonds. The van der Waals surface area contributed by atoms with Gasteiger partial charge in [-0.1, -0.05) is 4.98 Å². The lowest BCUT2D eigenvalue weighted by atomic mass is 10.1. The molecule has 21 heavy (non-hydrogen) atoms. The predicted molar refractivity (Wildman–Crippen MR) is 69.0 cm³/mol. The molecule has 0 radical (unpaired) electrons. The summed E-state index contributed by atoms with van der Waals surface area (Å²) >= 11 is 0. The van der Waals surface area contributed by atoms with Crippen LogP contribution in [-0.4, -0.2) is 54.8 Å². The average Bonchev–Trinajstić information content (AvgIpc) is 2.89. The van der Waals surface area contributed by atoms with E-state index in [2.05, 4.69) is 9.97 Å². The molecule has 1 fully saturated rings. The Balaban J connectivity index is 2.16. The molecule has 1 aliphatic rings. The number of ether oxygens (including phenoxy) is 1. The molecule has 1 saturated heterocycles. The van der Waals surface area contributed by atoms with E-state index in [1.807, 2.05) is 0 Å². The molecule has 2 aromatic heterocycles. The van der Waals surface area contributed by atoms with Crippen LogP contribution in [0.15, 0.2) is 11.1 Å². The van der Waals surface area contributed by atoms with Gasteiger partial charge in [-0.25, -0.2) is 4.57 Å². The van der Waals surface area contributed by atoms with Gasteiger partial charge in [0.05, 0.1) is 13.7 Å². The molecule has 0 saturated carbocycles. The van der Waals surface area contributed by atoms with Gasteiger partial charge in [-0.05, 0) is 0 Å². The number of nitrogen functional groups attached to an aromatic ring is 1. The maximum absolute atomic E-state index is 11.9. The number of aromatic amines is 1. The minimum atomic E-state index is -1.26. The Hall–Kier alpha value is -2.01. The first-order valence-electron chi connectivity index (χ1n) is 6.32. The van der Waals surface area contributed by atoms with Crippen molar-refractivity contribution in [1.82, 2.24) is 14.5 Å². The van der Waals surface area contributed by atoms with Crippen molar-refractivity contribution in [2.24, 2.45) is 7.05 Å². The monoisotopic (exact) mass is 298 g/mol. The van der Waals surface area contributed by atoms with Gasteiger partial charge in [0.1, 0.15) is 18.3 Å². The van der Waals surface area contributed by atoms with Crippen molar-refractivity contribution in [2.45, 2.75) is 24.5 Å². The molecular formula is C11H16N5O5+. The van der Waals surface area contributed by atoms with Gasteiger partial charge in [-0.3, -0.25) is 14.3 Å². The SMILES string of the molecule is Cn1c[n+]([C@@H]2O[C@H](CO)C(O)C2O)c2nc(N)[nH]c(=O)c21. The van der Waals surface area contributed by atoms with Crippen molar-refractivity contribution in [2.75, 3.05) is 12.3 Å². The zero-order valence-corrected chi connectivity index (χ0v) is 11.2. The first kappa shape index (κ1) is 13.9. The van der Waals surface area contributed by atoms with Crippen molar-refractivity contribution < 1.29 is 24.6 Å². The summed E-state index contributed by atoms with van der Waals surface area (Å²) in [6.45, 7) is -0.434. The van der Waals surface area contributed by atoms with Crippen molar-refractivity contribution in [3.05, 3.63) is 16.7 Å². The van der Waals surface area contributed by atoms with Crippen LogP contribution in [0.25, 0.3) is 11.2 Å². The zero-order chi connectivity index (χ0) is 15.3. The minimum Gasteiger partial charge on any atom is -0.394 e. The summed E-state index contributed by atoms with van der Waals surface area (Å²) < 4.78 is 8.35. The quantitative estimate of drug-likeness (QED) is 0.365. The Labute approximate surface area is 118 Å². The topological polar surface area (TPSA) is 150 Å². The molecule has 114 valence electrons. The number of nitrogens with zero attached hydrogens (tertiary/aromatic N) is 3. The molecule has 0 bridgehead atoms. The largest absolute Gasteiger partial charge is 0.394 e. The number of aromatic nitrogens is 4. The molecule has 3 heterocycles. The van der Waals surface area contributed by atoms with Gasteiger partial charge >= 0.3 is 5.65 Å². The predicted octanol–water partition coefficient (Wildman–Crippen LogP) is -3.26.